The smallest absolute Gasteiger partial charge is 0.405 e. The van der Waals surface area contributed by atoms with E-state index in [2.05, 4.69) is 4.74 Å². The van der Waals surface area contributed by atoms with Crippen LogP contribution in [0, 0.1) is 11.8 Å². The van der Waals surface area contributed by atoms with Crippen LogP contribution < -0.4 is 11.5 Å². The van der Waals surface area contributed by atoms with E-state index >= 15 is 0 Å². The molecule has 0 aromatic carbocycles. The predicted molar refractivity (Wildman–Crippen MR) is 156 cm³/mol. The molecule has 13 heteroatoms. The van der Waals surface area contributed by atoms with Crippen LogP contribution in [0.4, 0.5) is 4.79 Å². The van der Waals surface area contributed by atoms with Gasteiger partial charge in [-0.3, -0.25) is 9.59 Å². The summed E-state index contributed by atoms with van der Waals surface area (Å²) in [7, 11) is 5.35. The molecular weight excluding hydrogens is 564 g/mol. The molecule has 0 radical (unpaired) electrons. The Hall–Kier alpha value is -3.52. The highest BCUT2D eigenvalue weighted by atomic mass is 16.6. The zero-order chi connectivity index (χ0) is 33.0. The average Bonchev–Trinajstić information content (AvgIpc) is 2.95. The van der Waals surface area contributed by atoms with E-state index in [1.807, 2.05) is 6.92 Å². The van der Waals surface area contributed by atoms with E-state index in [9.17, 15) is 29.4 Å². The lowest BCUT2D eigenvalue weighted by Crippen LogP contribution is -2.39. The number of hydrogen-bond donors (Lipinski definition) is 4. The van der Waals surface area contributed by atoms with Crippen molar-refractivity contribution in [1.29, 1.82) is 0 Å². The SMILES string of the molecule is COC(=O)/C(C)=C/[C@H](O)C[C@H](OC)[C@@H](OC(N)=O)/C(C)=C/[C@H](C)[C@@H](O)[C@H](C[C@H](C)CC1=C(OC)C(=O)C=C(N)C1=O)OC. The Morgan fingerprint density at radius 2 is 1.58 bits per heavy atom. The van der Waals surface area contributed by atoms with Crippen molar-refractivity contribution in [3.05, 3.63) is 46.4 Å². The van der Waals surface area contributed by atoms with Crippen LogP contribution >= 0.6 is 0 Å². The van der Waals surface area contributed by atoms with Crippen molar-refractivity contribution in [2.75, 3.05) is 28.4 Å². The van der Waals surface area contributed by atoms with Gasteiger partial charge >= 0.3 is 12.1 Å². The molecule has 1 amide bonds. The van der Waals surface area contributed by atoms with Crippen LogP contribution in [0.3, 0.4) is 0 Å². The number of rotatable bonds is 17. The van der Waals surface area contributed by atoms with Crippen LogP contribution in [-0.4, -0.2) is 92.8 Å². The summed E-state index contributed by atoms with van der Waals surface area (Å²) in [5.41, 5.74) is 11.7. The molecule has 7 atom stereocenters. The van der Waals surface area contributed by atoms with Crippen molar-refractivity contribution >= 4 is 23.6 Å². The molecule has 0 aromatic rings. The van der Waals surface area contributed by atoms with Crippen molar-refractivity contribution < 1.29 is 53.1 Å². The van der Waals surface area contributed by atoms with Gasteiger partial charge in [0.25, 0.3) is 0 Å². The Kier molecular flexibility index (Phi) is 15.3. The number of nitrogens with two attached hydrogens (primary N) is 2. The van der Waals surface area contributed by atoms with E-state index < -0.39 is 60.1 Å². The second-order valence-corrected chi connectivity index (χ2v) is 10.7. The number of aliphatic hydroxyl groups is 2. The summed E-state index contributed by atoms with van der Waals surface area (Å²) in [6.07, 6.45) is -1.31. The summed E-state index contributed by atoms with van der Waals surface area (Å²) >= 11 is 0. The van der Waals surface area contributed by atoms with Crippen LogP contribution in [-0.2, 0) is 38.1 Å². The van der Waals surface area contributed by atoms with Gasteiger partial charge in [-0.15, -0.1) is 0 Å². The number of amides is 1. The zero-order valence-electron chi connectivity index (χ0n) is 26.1. The second kappa shape index (κ2) is 17.6. The Morgan fingerprint density at radius 1 is 0.977 bits per heavy atom. The van der Waals surface area contributed by atoms with Gasteiger partial charge in [0.2, 0.25) is 11.6 Å². The second-order valence-electron chi connectivity index (χ2n) is 10.7. The molecular formula is C30H46N2O11. The number of carbonyl (C=O) groups excluding carboxylic acids is 4. The van der Waals surface area contributed by atoms with Crippen LogP contribution in [0.25, 0.3) is 0 Å². The van der Waals surface area contributed by atoms with Gasteiger partial charge in [0.15, 0.2) is 11.9 Å². The first-order valence-electron chi connectivity index (χ1n) is 13.8. The Morgan fingerprint density at radius 3 is 2.09 bits per heavy atom. The van der Waals surface area contributed by atoms with Gasteiger partial charge in [-0.1, -0.05) is 19.9 Å². The number of ketones is 2. The largest absolute Gasteiger partial charge is 0.492 e. The van der Waals surface area contributed by atoms with Crippen LogP contribution in [0.1, 0.15) is 47.0 Å². The lowest BCUT2D eigenvalue weighted by atomic mass is 9.85. The van der Waals surface area contributed by atoms with Crippen LogP contribution in [0.2, 0.25) is 0 Å². The molecule has 0 heterocycles. The van der Waals surface area contributed by atoms with Crippen LogP contribution in [0.15, 0.2) is 46.4 Å². The van der Waals surface area contributed by atoms with E-state index in [-0.39, 0.29) is 41.4 Å². The number of aliphatic hydroxyl groups excluding tert-OH is 2. The molecule has 43 heavy (non-hydrogen) atoms. The Labute approximate surface area is 252 Å². The van der Waals surface area contributed by atoms with Crippen molar-refractivity contribution in [3.8, 4) is 0 Å². The zero-order valence-corrected chi connectivity index (χ0v) is 26.1. The minimum Gasteiger partial charge on any atom is -0.492 e. The summed E-state index contributed by atoms with van der Waals surface area (Å²) in [5.74, 6) is -2.35. The Bertz CT molecular complexity index is 1140. The van der Waals surface area contributed by atoms with Gasteiger partial charge in [-0.05, 0) is 44.3 Å². The first-order valence-corrected chi connectivity index (χ1v) is 13.8. The number of allylic oxidation sites excluding steroid dienone is 2. The van der Waals surface area contributed by atoms with Crippen LogP contribution in [0.5, 0.6) is 0 Å². The lowest BCUT2D eigenvalue weighted by molar-refractivity contribution is -0.136. The third-order valence-electron chi connectivity index (χ3n) is 7.22. The molecule has 0 aromatic heterocycles. The standard InChI is InChI=1S/C30H46N2O11/c1-15(9-20-26(36)21(31)14-22(34)28(20)41-7)10-23(39-5)25(35)16(2)11-17(3)27(43-30(32)38)24(40-6)13-19(33)12-18(4)29(37)42-8/h11-12,14-16,19,23-25,27,33,35H,9-10,13,31H2,1-8H3,(H2,32,38)/b17-11+,18-12+/t15-,16+,19+,23+,24+,25-,27+/m1/s1. The normalized spacial score (nSPS) is 19.5. The number of esters is 1. The van der Waals surface area contributed by atoms with Gasteiger partial charge in [0.05, 0.1) is 38.2 Å². The maximum absolute atomic E-state index is 12.6. The van der Waals surface area contributed by atoms with E-state index in [0.717, 1.165) is 6.08 Å². The summed E-state index contributed by atoms with van der Waals surface area (Å²) in [5, 5.41) is 21.7. The molecule has 0 fully saturated rings. The van der Waals surface area contributed by atoms with Gasteiger partial charge in [0, 0.05) is 43.8 Å². The summed E-state index contributed by atoms with van der Waals surface area (Å²) < 4.78 is 26.2. The van der Waals surface area contributed by atoms with Crippen molar-refractivity contribution in [2.45, 2.75) is 77.5 Å². The fraction of sp³-hybridized carbons (Fsp3) is 0.600. The number of ether oxygens (including phenoxy) is 5. The van der Waals surface area contributed by atoms with Gasteiger partial charge in [-0.2, -0.15) is 0 Å². The van der Waals surface area contributed by atoms with Crippen molar-refractivity contribution in [2.24, 2.45) is 23.3 Å². The summed E-state index contributed by atoms with van der Waals surface area (Å²) in [4.78, 5) is 48.3. The molecule has 13 nitrogen and oxygen atoms in total. The van der Waals surface area contributed by atoms with Gasteiger partial charge < -0.3 is 45.4 Å². The topological polar surface area (TPSA) is 207 Å². The van der Waals surface area contributed by atoms with E-state index in [0.29, 0.717) is 12.0 Å². The van der Waals surface area contributed by atoms with E-state index in [1.54, 1.807) is 19.9 Å². The first-order chi connectivity index (χ1) is 20.1. The minimum atomic E-state index is -1.14. The highest BCUT2D eigenvalue weighted by Crippen LogP contribution is 2.29. The van der Waals surface area contributed by atoms with Gasteiger partial charge in [-0.25, -0.2) is 9.59 Å². The predicted octanol–water partition coefficient (Wildman–Crippen LogP) is 1.61. The molecule has 0 spiro atoms. The molecule has 0 unspecified atom stereocenters. The molecule has 1 aliphatic rings. The van der Waals surface area contributed by atoms with Gasteiger partial charge in [0.1, 0.15) is 6.10 Å². The highest BCUT2D eigenvalue weighted by molar-refractivity contribution is 6.21. The monoisotopic (exact) mass is 610 g/mol. The molecule has 1 aliphatic carbocycles. The molecule has 0 saturated carbocycles. The molecule has 6 N–H and O–H groups in total. The minimum absolute atomic E-state index is 0.0522. The average molecular weight is 611 g/mol. The number of carbonyl (C=O) groups is 4. The summed E-state index contributed by atoms with van der Waals surface area (Å²) in [6, 6.07) is 0. The maximum Gasteiger partial charge on any atom is 0.405 e. The van der Waals surface area contributed by atoms with Crippen molar-refractivity contribution in [1.82, 2.24) is 0 Å². The molecule has 1 rings (SSSR count). The number of methoxy groups -OCH3 is 4. The third-order valence-corrected chi connectivity index (χ3v) is 7.22. The van der Waals surface area contributed by atoms with E-state index in [1.165, 1.54) is 41.4 Å². The number of hydrogen-bond acceptors (Lipinski definition) is 12. The Balaban J connectivity index is 3.11. The number of Topliss-reactive ketones (excluding diaryl/α,β-unsaturated/α-hetero) is 1. The summed E-state index contributed by atoms with van der Waals surface area (Å²) in [6.45, 7) is 6.74. The fourth-order valence-electron chi connectivity index (χ4n) is 5.01. The van der Waals surface area contributed by atoms with E-state index in [4.69, 9.17) is 30.4 Å². The number of primary amides is 1. The lowest BCUT2D eigenvalue weighted by Gasteiger charge is -2.30. The first kappa shape index (κ1) is 37.5. The van der Waals surface area contributed by atoms with Crippen molar-refractivity contribution in [3.63, 3.8) is 0 Å². The molecule has 0 aliphatic heterocycles. The highest BCUT2D eigenvalue weighted by Gasteiger charge is 2.33. The fourth-order valence-corrected chi connectivity index (χ4v) is 5.01. The third kappa shape index (κ3) is 10.9. The molecule has 242 valence electrons. The maximum atomic E-state index is 12.6. The molecule has 0 bridgehead atoms. The quantitative estimate of drug-likeness (QED) is 0.0802. The molecule has 0 saturated heterocycles.